The van der Waals surface area contributed by atoms with Crippen molar-refractivity contribution in [3.8, 4) is 5.75 Å². The van der Waals surface area contributed by atoms with Gasteiger partial charge in [-0.15, -0.1) is 0 Å². The summed E-state index contributed by atoms with van der Waals surface area (Å²) < 4.78 is 5.23. The zero-order valence-electron chi connectivity index (χ0n) is 15.7. The molecule has 0 saturated carbocycles. The van der Waals surface area contributed by atoms with Crippen LogP contribution in [0.4, 0.5) is 0 Å². The van der Waals surface area contributed by atoms with Crippen molar-refractivity contribution in [1.29, 1.82) is 0 Å². The van der Waals surface area contributed by atoms with E-state index >= 15 is 0 Å². The molecule has 4 N–H and O–H groups in total. The number of rotatable bonds is 9. The van der Waals surface area contributed by atoms with Crippen LogP contribution >= 0.6 is 0 Å². The average Bonchev–Trinajstić information content (AvgIpc) is 2.70. The van der Waals surface area contributed by atoms with E-state index in [1.165, 1.54) is 0 Å². The lowest BCUT2D eigenvalue weighted by atomic mass is 10.1. The highest BCUT2D eigenvalue weighted by molar-refractivity contribution is 5.89. The van der Waals surface area contributed by atoms with E-state index in [-0.39, 0.29) is 11.8 Å². The standard InChI is InChI=1S/C21H26N3O3/c1-15(20(25)23-14-17-10-6-7-11-19(17)27-2)24-21(26)18(22)13-12-16-8-4-3-5-9-16/h3-6,8-11,15,18H,12-14,22H2,1-2H3,(H,23,25)(H,24,26)/t15-,18+/m0/s1. The van der Waals surface area contributed by atoms with Gasteiger partial charge in [-0.3, -0.25) is 9.59 Å². The number of nitrogens with one attached hydrogen (secondary N) is 2. The monoisotopic (exact) mass is 368 g/mol. The Hall–Kier alpha value is -2.86. The van der Waals surface area contributed by atoms with Crippen LogP contribution in [-0.4, -0.2) is 31.0 Å². The first-order valence-electron chi connectivity index (χ1n) is 8.91. The van der Waals surface area contributed by atoms with Crippen molar-refractivity contribution in [2.24, 2.45) is 5.73 Å². The van der Waals surface area contributed by atoms with Crippen molar-refractivity contribution in [2.45, 2.75) is 38.4 Å². The first-order chi connectivity index (χ1) is 13.0. The Balaban J connectivity index is 1.78. The number of benzene rings is 2. The van der Waals surface area contributed by atoms with Crippen molar-refractivity contribution in [1.82, 2.24) is 10.6 Å². The predicted molar refractivity (Wildman–Crippen MR) is 104 cm³/mol. The largest absolute Gasteiger partial charge is 0.496 e. The Kier molecular flexibility index (Phi) is 7.82. The second kappa shape index (κ2) is 10.3. The Labute approximate surface area is 160 Å². The molecule has 27 heavy (non-hydrogen) atoms. The summed E-state index contributed by atoms with van der Waals surface area (Å²) in [6.45, 7) is 1.93. The number of hydrogen-bond donors (Lipinski definition) is 3. The van der Waals surface area contributed by atoms with E-state index in [1.54, 1.807) is 26.2 Å². The lowest BCUT2D eigenvalue weighted by molar-refractivity contribution is -0.129. The molecule has 2 rings (SSSR count). The zero-order valence-corrected chi connectivity index (χ0v) is 15.7. The van der Waals surface area contributed by atoms with E-state index in [1.807, 2.05) is 36.4 Å². The number of hydrogen-bond acceptors (Lipinski definition) is 4. The van der Waals surface area contributed by atoms with Gasteiger partial charge in [0.25, 0.3) is 0 Å². The molecular weight excluding hydrogens is 342 g/mol. The molecular formula is C21H26N3O3. The molecule has 0 spiro atoms. The number of nitrogens with two attached hydrogens (primary N) is 1. The molecule has 0 heterocycles. The van der Waals surface area contributed by atoms with E-state index in [2.05, 4.69) is 16.7 Å². The highest BCUT2D eigenvalue weighted by atomic mass is 16.5. The van der Waals surface area contributed by atoms with E-state index in [4.69, 9.17) is 10.5 Å². The van der Waals surface area contributed by atoms with E-state index in [9.17, 15) is 9.59 Å². The molecule has 0 aliphatic heterocycles. The van der Waals surface area contributed by atoms with Crippen LogP contribution < -0.4 is 21.1 Å². The topological polar surface area (TPSA) is 93.5 Å². The normalized spacial score (nSPS) is 12.7. The zero-order chi connectivity index (χ0) is 19.6. The lowest BCUT2D eigenvalue weighted by Crippen LogP contribution is -2.50. The van der Waals surface area contributed by atoms with Gasteiger partial charge in [0, 0.05) is 12.1 Å². The minimum Gasteiger partial charge on any atom is -0.496 e. The van der Waals surface area contributed by atoms with Gasteiger partial charge in [-0.05, 0) is 37.5 Å². The highest BCUT2D eigenvalue weighted by Gasteiger charge is 2.20. The summed E-state index contributed by atoms with van der Waals surface area (Å²) in [5.74, 6) is 0.0337. The third-order valence-electron chi connectivity index (χ3n) is 4.26. The predicted octanol–water partition coefficient (Wildman–Crippen LogP) is 1.58. The van der Waals surface area contributed by atoms with Crippen LogP contribution in [0.1, 0.15) is 24.5 Å². The second-order valence-corrected chi connectivity index (χ2v) is 6.32. The maximum Gasteiger partial charge on any atom is 0.242 e. The van der Waals surface area contributed by atoms with Crippen molar-refractivity contribution in [3.05, 3.63) is 65.7 Å². The summed E-state index contributed by atoms with van der Waals surface area (Å²) in [6.07, 6.45) is 1.22. The van der Waals surface area contributed by atoms with Crippen molar-refractivity contribution >= 4 is 11.8 Å². The molecule has 2 aromatic carbocycles. The molecule has 2 amide bonds. The molecule has 6 heteroatoms. The summed E-state index contributed by atoms with van der Waals surface area (Å²) in [4.78, 5) is 24.5. The summed E-state index contributed by atoms with van der Waals surface area (Å²) in [5.41, 5.74) is 7.91. The quantitative estimate of drug-likeness (QED) is 0.626. The van der Waals surface area contributed by atoms with Gasteiger partial charge in [-0.1, -0.05) is 42.5 Å². The fourth-order valence-corrected chi connectivity index (χ4v) is 2.60. The van der Waals surface area contributed by atoms with Crippen LogP contribution in [0.2, 0.25) is 0 Å². The fourth-order valence-electron chi connectivity index (χ4n) is 2.60. The summed E-state index contributed by atoms with van der Waals surface area (Å²) >= 11 is 0. The van der Waals surface area contributed by atoms with Crippen LogP contribution in [0.25, 0.3) is 0 Å². The number of ether oxygens (including phenoxy) is 1. The van der Waals surface area contributed by atoms with Gasteiger partial charge < -0.3 is 21.1 Å². The van der Waals surface area contributed by atoms with Crippen LogP contribution in [0.15, 0.2) is 48.5 Å². The van der Waals surface area contributed by atoms with Gasteiger partial charge in [-0.25, -0.2) is 0 Å². The Bertz CT molecular complexity index is 749. The minimum absolute atomic E-state index is 0.284. The molecule has 0 aliphatic rings. The van der Waals surface area contributed by atoms with Gasteiger partial charge in [0.15, 0.2) is 0 Å². The molecule has 0 saturated heterocycles. The second-order valence-electron chi connectivity index (χ2n) is 6.32. The number of aryl methyl sites for hydroxylation is 1. The van der Waals surface area contributed by atoms with Gasteiger partial charge >= 0.3 is 0 Å². The van der Waals surface area contributed by atoms with E-state index in [0.29, 0.717) is 25.1 Å². The molecule has 0 fully saturated rings. The SMILES string of the molecule is COc1c[c]ccc1CNC(=O)[C@H](C)NC(=O)[C@H](N)CCc1ccccc1. The lowest BCUT2D eigenvalue weighted by Gasteiger charge is -2.18. The number of methoxy groups -OCH3 is 1. The van der Waals surface area contributed by atoms with Gasteiger partial charge in [0.1, 0.15) is 11.8 Å². The van der Waals surface area contributed by atoms with Gasteiger partial charge in [-0.2, -0.15) is 0 Å². The number of carbonyl (C=O) groups is 2. The first-order valence-corrected chi connectivity index (χ1v) is 8.91. The number of amides is 2. The van der Waals surface area contributed by atoms with Crippen LogP contribution in [0.5, 0.6) is 5.75 Å². The molecule has 2 atom stereocenters. The van der Waals surface area contributed by atoms with E-state index in [0.717, 1.165) is 11.1 Å². The Morgan fingerprint density at radius 2 is 1.93 bits per heavy atom. The van der Waals surface area contributed by atoms with Crippen LogP contribution in [0.3, 0.4) is 0 Å². The molecule has 143 valence electrons. The van der Waals surface area contributed by atoms with Gasteiger partial charge in [0.2, 0.25) is 11.8 Å². The maximum absolute atomic E-state index is 12.2. The molecule has 1 radical (unpaired) electrons. The smallest absolute Gasteiger partial charge is 0.242 e. The first kappa shape index (κ1) is 20.5. The van der Waals surface area contributed by atoms with Crippen molar-refractivity contribution in [2.75, 3.05) is 7.11 Å². The molecule has 0 bridgehead atoms. The maximum atomic E-state index is 12.2. The summed E-state index contributed by atoms with van der Waals surface area (Å²) in [5, 5.41) is 5.45. The average molecular weight is 368 g/mol. The minimum atomic E-state index is -0.679. The van der Waals surface area contributed by atoms with Crippen LogP contribution in [-0.2, 0) is 22.6 Å². The van der Waals surface area contributed by atoms with Gasteiger partial charge in [0.05, 0.1) is 13.2 Å². The number of carbonyl (C=O) groups excluding carboxylic acids is 2. The fraction of sp³-hybridized carbons (Fsp3) is 0.333. The highest BCUT2D eigenvalue weighted by Crippen LogP contribution is 2.16. The Morgan fingerprint density at radius 3 is 2.63 bits per heavy atom. The van der Waals surface area contributed by atoms with Crippen molar-refractivity contribution in [3.63, 3.8) is 0 Å². The van der Waals surface area contributed by atoms with Crippen LogP contribution in [0, 0.1) is 6.07 Å². The third kappa shape index (κ3) is 6.42. The molecule has 6 nitrogen and oxygen atoms in total. The molecule has 0 aromatic heterocycles. The van der Waals surface area contributed by atoms with Crippen molar-refractivity contribution < 1.29 is 14.3 Å². The summed E-state index contributed by atoms with van der Waals surface area (Å²) in [7, 11) is 1.56. The Morgan fingerprint density at radius 1 is 1.19 bits per heavy atom. The molecule has 0 unspecified atom stereocenters. The summed E-state index contributed by atoms with van der Waals surface area (Å²) in [6, 6.07) is 16.7. The van der Waals surface area contributed by atoms with E-state index < -0.39 is 12.1 Å². The molecule has 0 aliphatic carbocycles. The third-order valence-corrected chi connectivity index (χ3v) is 4.26. The molecule has 2 aromatic rings.